The molecule has 2 amide bonds. The summed E-state index contributed by atoms with van der Waals surface area (Å²) in [6, 6.07) is 6.49. The van der Waals surface area contributed by atoms with Gasteiger partial charge in [0.05, 0.1) is 29.7 Å². The number of fused-ring (bicyclic) bond motifs is 1. The average molecular weight is 350 g/mol. The molecule has 0 aromatic heterocycles. The highest BCUT2D eigenvalue weighted by Crippen LogP contribution is 2.24. The second kappa shape index (κ2) is 8.43. The highest BCUT2D eigenvalue weighted by Gasteiger charge is 2.39. The Bertz CT molecular complexity index is 629. The highest BCUT2D eigenvalue weighted by molar-refractivity contribution is 6.21. The molecule has 0 saturated heterocycles. The number of nitrogens with zero attached hydrogens (tertiary/aromatic N) is 4. The fourth-order valence-corrected chi connectivity index (χ4v) is 2.47. The molecule has 1 aromatic rings. The number of rotatable bonds is 9. The third kappa shape index (κ3) is 4.24. The van der Waals surface area contributed by atoms with Gasteiger partial charge in [-0.2, -0.15) is 0 Å². The van der Waals surface area contributed by atoms with Crippen molar-refractivity contribution in [3.63, 3.8) is 0 Å². The van der Waals surface area contributed by atoms with Gasteiger partial charge in [0.1, 0.15) is 0 Å². The van der Waals surface area contributed by atoms with Gasteiger partial charge in [-0.05, 0) is 38.3 Å². The van der Waals surface area contributed by atoms with Crippen molar-refractivity contribution < 1.29 is 24.5 Å². The van der Waals surface area contributed by atoms with Crippen LogP contribution < -0.4 is 0 Å². The van der Waals surface area contributed by atoms with Gasteiger partial charge in [0.2, 0.25) is 11.5 Å². The van der Waals surface area contributed by atoms with Crippen LogP contribution in [-0.2, 0) is 4.84 Å². The molecule has 1 N–H and O–H groups in total. The van der Waals surface area contributed by atoms with Gasteiger partial charge < -0.3 is 15.2 Å². The lowest BCUT2D eigenvalue weighted by Gasteiger charge is -2.19. The average Bonchev–Trinajstić information content (AvgIpc) is 2.87. The summed E-state index contributed by atoms with van der Waals surface area (Å²) < 4.78 is 0. The Morgan fingerprint density at radius 1 is 1.24 bits per heavy atom. The summed E-state index contributed by atoms with van der Waals surface area (Å²) in [5, 5.41) is 25.2. The van der Waals surface area contributed by atoms with Crippen LogP contribution in [-0.4, -0.2) is 58.2 Å². The minimum Gasteiger partial charge on any atom is -0.569 e. The third-order valence-electron chi connectivity index (χ3n) is 3.89. The summed E-state index contributed by atoms with van der Waals surface area (Å²) in [6.45, 7) is 2.04. The maximum Gasteiger partial charge on any atom is 0.264 e. The number of benzene rings is 1. The van der Waals surface area contributed by atoms with Gasteiger partial charge in [0.25, 0.3) is 11.8 Å². The van der Waals surface area contributed by atoms with E-state index in [0.29, 0.717) is 24.1 Å². The predicted octanol–water partition coefficient (Wildman–Crippen LogP) is 1.53. The Labute approximate surface area is 145 Å². The maximum atomic E-state index is 12.3. The fourth-order valence-electron chi connectivity index (χ4n) is 2.47. The van der Waals surface area contributed by atoms with Gasteiger partial charge in [0.15, 0.2) is 0 Å². The molecule has 1 heterocycles. The first-order valence-corrected chi connectivity index (χ1v) is 8.10. The topological polar surface area (TPSA) is 109 Å². The van der Waals surface area contributed by atoms with E-state index in [-0.39, 0.29) is 11.6 Å². The lowest BCUT2D eigenvalue weighted by molar-refractivity contribution is -0.707. The SMILES string of the molecule is CC(O/N=[N+](/[O-])N(C)CCCCCO)N1C(=O)c2ccccc2C1=O. The largest absolute Gasteiger partial charge is 0.569 e. The quantitative estimate of drug-likeness (QED) is 0.238. The van der Waals surface area contributed by atoms with Crippen molar-refractivity contribution in [3.8, 4) is 0 Å². The van der Waals surface area contributed by atoms with E-state index in [2.05, 4.69) is 5.28 Å². The number of hydrazine groups is 1. The predicted molar refractivity (Wildman–Crippen MR) is 87.1 cm³/mol. The molecule has 1 aliphatic rings. The fraction of sp³-hybridized carbons (Fsp3) is 0.500. The Kier molecular flexibility index (Phi) is 6.29. The number of unbranched alkanes of at least 4 members (excludes halogenated alkanes) is 2. The van der Waals surface area contributed by atoms with Crippen molar-refractivity contribution in [2.75, 3.05) is 20.2 Å². The zero-order valence-corrected chi connectivity index (χ0v) is 14.3. The van der Waals surface area contributed by atoms with E-state index < -0.39 is 18.0 Å². The molecule has 1 atom stereocenters. The van der Waals surface area contributed by atoms with Gasteiger partial charge >= 0.3 is 0 Å². The van der Waals surface area contributed by atoms with E-state index in [9.17, 15) is 14.8 Å². The molecular formula is C16H22N4O5. The molecule has 2 rings (SSSR count). The van der Waals surface area contributed by atoms with Crippen LogP contribution in [0.2, 0.25) is 0 Å². The van der Waals surface area contributed by atoms with Crippen molar-refractivity contribution >= 4 is 11.8 Å². The van der Waals surface area contributed by atoms with E-state index in [1.165, 1.54) is 11.9 Å². The Morgan fingerprint density at radius 3 is 2.40 bits per heavy atom. The molecular weight excluding hydrogens is 328 g/mol. The van der Waals surface area contributed by atoms with Gasteiger partial charge in [-0.3, -0.25) is 9.59 Å². The molecule has 1 aliphatic heterocycles. The third-order valence-corrected chi connectivity index (χ3v) is 3.89. The molecule has 1 aromatic carbocycles. The number of aliphatic hydroxyl groups is 1. The van der Waals surface area contributed by atoms with E-state index >= 15 is 0 Å². The van der Waals surface area contributed by atoms with E-state index in [4.69, 9.17) is 9.94 Å². The minimum absolute atomic E-state index is 0.121. The number of aliphatic hydroxyl groups excluding tert-OH is 1. The van der Waals surface area contributed by atoms with Crippen LogP contribution in [0.25, 0.3) is 0 Å². The summed E-state index contributed by atoms with van der Waals surface area (Å²) in [4.78, 5) is 30.8. The molecule has 1 unspecified atom stereocenters. The first kappa shape index (κ1) is 18.7. The molecule has 136 valence electrons. The van der Waals surface area contributed by atoms with Gasteiger partial charge in [0, 0.05) is 6.61 Å². The Hall–Kier alpha value is -2.68. The molecule has 25 heavy (non-hydrogen) atoms. The lowest BCUT2D eigenvalue weighted by atomic mass is 10.1. The molecule has 0 aliphatic carbocycles. The molecule has 9 nitrogen and oxygen atoms in total. The summed E-state index contributed by atoms with van der Waals surface area (Å²) in [7, 11) is 1.55. The van der Waals surface area contributed by atoms with E-state index in [1.54, 1.807) is 31.3 Å². The summed E-state index contributed by atoms with van der Waals surface area (Å²) in [6.07, 6.45) is 1.18. The second-order valence-corrected chi connectivity index (χ2v) is 5.73. The van der Waals surface area contributed by atoms with Crippen molar-refractivity contribution in [2.45, 2.75) is 32.4 Å². The number of carbonyl (C=O) groups is 2. The zero-order valence-electron chi connectivity index (χ0n) is 14.3. The smallest absolute Gasteiger partial charge is 0.264 e. The van der Waals surface area contributed by atoms with Crippen LogP contribution >= 0.6 is 0 Å². The monoisotopic (exact) mass is 350 g/mol. The van der Waals surface area contributed by atoms with Gasteiger partial charge in [-0.15, -0.1) is 5.01 Å². The van der Waals surface area contributed by atoms with Crippen LogP contribution in [0.1, 0.15) is 46.9 Å². The minimum atomic E-state index is -1.01. The summed E-state index contributed by atoms with van der Waals surface area (Å²) >= 11 is 0. The van der Waals surface area contributed by atoms with Gasteiger partial charge in [-0.1, -0.05) is 12.1 Å². The molecule has 0 radical (unpaired) electrons. The van der Waals surface area contributed by atoms with Crippen LogP contribution in [0.4, 0.5) is 0 Å². The number of imide groups is 1. The van der Waals surface area contributed by atoms with Gasteiger partial charge in [-0.25, -0.2) is 4.90 Å². The summed E-state index contributed by atoms with van der Waals surface area (Å²) in [5.41, 5.74) is 0.617. The second-order valence-electron chi connectivity index (χ2n) is 5.73. The van der Waals surface area contributed by atoms with Crippen molar-refractivity contribution in [1.82, 2.24) is 9.91 Å². The van der Waals surface area contributed by atoms with Crippen LogP contribution in [0.3, 0.4) is 0 Å². The van der Waals surface area contributed by atoms with Crippen LogP contribution in [0.5, 0.6) is 0 Å². The maximum absolute atomic E-state index is 12.3. The van der Waals surface area contributed by atoms with Crippen molar-refractivity contribution in [3.05, 3.63) is 40.6 Å². The zero-order chi connectivity index (χ0) is 18.4. The molecule has 9 heteroatoms. The van der Waals surface area contributed by atoms with E-state index in [1.807, 2.05) is 0 Å². The molecule has 0 saturated carbocycles. The number of hydrogen-bond donors (Lipinski definition) is 1. The molecule has 0 fully saturated rings. The first-order valence-electron chi connectivity index (χ1n) is 8.10. The van der Waals surface area contributed by atoms with Crippen LogP contribution in [0, 0.1) is 5.21 Å². The lowest BCUT2D eigenvalue weighted by Crippen LogP contribution is -2.39. The summed E-state index contributed by atoms with van der Waals surface area (Å²) in [5.74, 6) is -0.948. The highest BCUT2D eigenvalue weighted by atomic mass is 16.7. The number of carbonyl (C=O) groups excluding carboxylic acids is 2. The first-order chi connectivity index (χ1) is 12.0. The number of amides is 2. The normalized spacial score (nSPS) is 15.3. The Balaban J connectivity index is 1.93. The van der Waals surface area contributed by atoms with Crippen LogP contribution in [0.15, 0.2) is 29.5 Å². The van der Waals surface area contributed by atoms with E-state index in [0.717, 1.165) is 17.7 Å². The van der Waals surface area contributed by atoms with Crippen molar-refractivity contribution in [1.29, 1.82) is 0 Å². The Morgan fingerprint density at radius 2 is 1.84 bits per heavy atom. The molecule has 0 spiro atoms. The molecule has 0 bridgehead atoms. The number of hydrogen-bond acceptors (Lipinski definition) is 6. The standard InChI is InChI=1S/C16H22N4O5/c1-12(25-17-20(24)18(2)10-6-3-7-11-21)19-15(22)13-8-4-5-9-14(13)16(19)23/h4-5,8-9,12,21H,3,6-7,10-11H2,1-2H3/b20-17+. The van der Waals surface area contributed by atoms with Crippen molar-refractivity contribution in [2.24, 2.45) is 5.28 Å².